The fourth-order valence-electron chi connectivity index (χ4n) is 3.13. The van der Waals surface area contributed by atoms with Crippen LogP contribution in [0.15, 0.2) is 0 Å². The van der Waals surface area contributed by atoms with E-state index in [1.54, 1.807) is 0 Å². The molecule has 1 aliphatic carbocycles. The quantitative estimate of drug-likeness (QED) is 0.737. The first-order chi connectivity index (χ1) is 8.72. The molecule has 1 aliphatic heterocycles. The smallest absolute Gasteiger partial charge is 0.252 e. The van der Waals surface area contributed by atoms with Crippen molar-refractivity contribution in [3.8, 4) is 0 Å². The predicted octanol–water partition coefficient (Wildman–Crippen LogP) is 2.95. The van der Waals surface area contributed by atoms with Crippen molar-refractivity contribution in [3.05, 3.63) is 0 Å². The van der Waals surface area contributed by atoms with E-state index in [4.69, 9.17) is 16.3 Å². The fraction of sp³-hybridized carbons (Fsp3) is 0.929. The molecule has 0 aromatic heterocycles. The van der Waals surface area contributed by atoms with Gasteiger partial charge < -0.3 is 9.64 Å². The minimum atomic E-state index is -0.217. The zero-order valence-electron chi connectivity index (χ0n) is 11.2. The zero-order valence-corrected chi connectivity index (χ0v) is 12.0. The highest BCUT2D eigenvalue weighted by molar-refractivity contribution is 6.18. The van der Waals surface area contributed by atoms with E-state index >= 15 is 0 Å². The van der Waals surface area contributed by atoms with Gasteiger partial charge in [0.15, 0.2) is 0 Å². The van der Waals surface area contributed by atoms with Gasteiger partial charge in [-0.2, -0.15) is 0 Å². The Bertz CT molecular complexity index is 279. The molecule has 0 radical (unpaired) electrons. The van der Waals surface area contributed by atoms with Crippen molar-refractivity contribution in [1.29, 1.82) is 0 Å². The van der Waals surface area contributed by atoms with E-state index < -0.39 is 0 Å². The highest BCUT2D eigenvalue weighted by Crippen LogP contribution is 2.26. The Kier molecular flexibility index (Phi) is 5.31. The monoisotopic (exact) mass is 273 g/mol. The van der Waals surface area contributed by atoms with E-state index in [1.807, 2.05) is 11.8 Å². The van der Waals surface area contributed by atoms with Gasteiger partial charge in [0, 0.05) is 18.5 Å². The van der Waals surface area contributed by atoms with Gasteiger partial charge in [0.05, 0.1) is 6.10 Å². The summed E-state index contributed by atoms with van der Waals surface area (Å²) in [6.45, 7) is 2.71. The molecule has 2 aliphatic rings. The van der Waals surface area contributed by atoms with Gasteiger partial charge in [-0.1, -0.05) is 19.3 Å². The van der Waals surface area contributed by atoms with Crippen LogP contribution in [0.3, 0.4) is 0 Å². The molecule has 2 fully saturated rings. The van der Waals surface area contributed by atoms with E-state index in [0.29, 0.717) is 18.5 Å². The summed E-state index contributed by atoms with van der Waals surface area (Å²) < 4.78 is 5.71. The van der Waals surface area contributed by atoms with E-state index in [0.717, 1.165) is 25.7 Å². The number of ether oxygens (including phenoxy) is 1. The molecular formula is C14H24ClNO2. The number of nitrogens with zero attached hydrogens (tertiary/aromatic N) is 1. The predicted molar refractivity (Wildman–Crippen MR) is 72.9 cm³/mol. The second-order valence-electron chi connectivity index (χ2n) is 5.53. The van der Waals surface area contributed by atoms with Crippen LogP contribution in [0.25, 0.3) is 0 Å². The summed E-state index contributed by atoms with van der Waals surface area (Å²) in [6, 6.07) is 0.393. The van der Waals surface area contributed by atoms with Crippen LogP contribution in [-0.2, 0) is 9.53 Å². The molecule has 0 spiro atoms. The Morgan fingerprint density at radius 1 is 1.22 bits per heavy atom. The van der Waals surface area contributed by atoms with Crippen LogP contribution in [0.4, 0.5) is 0 Å². The maximum atomic E-state index is 12.5. The molecule has 1 amide bonds. The minimum Gasteiger partial charge on any atom is -0.365 e. The number of amides is 1. The Labute approximate surface area is 115 Å². The first-order valence-electron chi connectivity index (χ1n) is 7.24. The van der Waals surface area contributed by atoms with Gasteiger partial charge in [-0.05, 0) is 32.6 Å². The molecule has 3 nitrogen and oxygen atoms in total. The van der Waals surface area contributed by atoms with Gasteiger partial charge in [-0.3, -0.25) is 4.79 Å². The van der Waals surface area contributed by atoms with Crippen LogP contribution in [0.1, 0.15) is 51.9 Å². The summed E-state index contributed by atoms with van der Waals surface area (Å²) in [5.41, 5.74) is 0. The van der Waals surface area contributed by atoms with E-state index in [9.17, 15) is 4.79 Å². The number of alkyl halides is 1. The molecule has 0 aromatic carbocycles. The topological polar surface area (TPSA) is 29.5 Å². The lowest BCUT2D eigenvalue weighted by molar-refractivity contribution is -0.145. The van der Waals surface area contributed by atoms with Gasteiger partial charge in [0.1, 0.15) is 6.10 Å². The van der Waals surface area contributed by atoms with Gasteiger partial charge in [-0.15, -0.1) is 11.6 Å². The molecule has 0 bridgehead atoms. The average Bonchev–Trinajstić information content (AvgIpc) is 2.83. The lowest BCUT2D eigenvalue weighted by Crippen LogP contribution is -2.47. The van der Waals surface area contributed by atoms with Crippen molar-refractivity contribution in [2.24, 2.45) is 0 Å². The molecule has 0 aromatic rings. The van der Waals surface area contributed by atoms with Crippen LogP contribution in [0, 0.1) is 0 Å². The molecule has 0 N–H and O–H groups in total. The molecule has 1 saturated heterocycles. The maximum absolute atomic E-state index is 12.5. The summed E-state index contributed by atoms with van der Waals surface area (Å²) in [6.07, 6.45) is 7.90. The van der Waals surface area contributed by atoms with Crippen molar-refractivity contribution >= 4 is 17.5 Å². The number of hydrogen-bond donors (Lipinski definition) is 0. The summed E-state index contributed by atoms with van der Waals surface area (Å²) in [7, 11) is 0. The Morgan fingerprint density at radius 3 is 2.50 bits per heavy atom. The van der Waals surface area contributed by atoms with Crippen LogP contribution < -0.4 is 0 Å². The van der Waals surface area contributed by atoms with Crippen LogP contribution in [-0.4, -0.2) is 41.5 Å². The van der Waals surface area contributed by atoms with E-state index in [2.05, 4.69) is 0 Å². The number of carbonyl (C=O) groups excluding carboxylic acids is 1. The summed E-state index contributed by atoms with van der Waals surface area (Å²) in [4.78, 5) is 14.5. The van der Waals surface area contributed by atoms with Crippen LogP contribution in [0.2, 0.25) is 0 Å². The molecule has 2 atom stereocenters. The Hall–Kier alpha value is -0.280. The third-order valence-electron chi connectivity index (χ3n) is 4.13. The molecule has 104 valence electrons. The van der Waals surface area contributed by atoms with Gasteiger partial charge >= 0.3 is 0 Å². The summed E-state index contributed by atoms with van der Waals surface area (Å²) >= 11 is 5.86. The Morgan fingerprint density at radius 2 is 1.94 bits per heavy atom. The van der Waals surface area contributed by atoms with Crippen molar-refractivity contribution < 1.29 is 9.53 Å². The molecule has 1 heterocycles. The first-order valence-corrected chi connectivity index (χ1v) is 7.77. The third-order valence-corrected chi connectivity index (χ3v) is 4.30. The highest BCUT2D eigenvalue weighted by Gasteiger charge is 2.34. The largest absolute Gasteiger partial charge is 0.365 e. The SMILES string of the molecule is CC1CCC(C(=O)N(CCCl)C2CCCCC2)O1. The standard InChI is InChI=1S/C14H24ClNO2/c1-11-7-8-13(18-11)14(17)16(10-9-15)12-5-3-2-4-6-12/h11-13H,2-10H2,1H3. The highest BCUT2D eigenvalue weighted by atomic mass is 35.5. The van der Waals surface area contributed by atoms with Crippen molar-refractivity contribution in [1.82, 2.24) is 4.90 Å². The number of halogens is 1. The molecule has 1 saturated carbocycles. The maximum Gasteiger partial charge on any atom is 0.252 e. The van der Waals surface area contributed by atoms with E-state index in [1.165, 1.54) is 19.3 Å². The summed E-state index contributed by atoms with van der Waals surface area (Å²) in [5.74, 6) is 0.691. The fourth-order valence-corrected chi connectivity index (χ4v) is 3.31. The third kappa shape index (κ3) is 3.39. The van der Waals surface area contributed by atoms with Gasteiger partial charge in [-0.25, -0.2) is 0 Å². The lowest BCUT2D eigenvalue weighted by atomic mass is 9.93. The minimum absolute atomic E-state index is 0.173. The molecular weight excluding hydrogens is 250 g/mol. The van der Waals surface area contributed by atoms with Gasteiger partial charge in [0.2, 0.25) is 0 Å². The first kappa shape index (κ1) is 14.1. The van der Waals surface area contributed by atoms with Crippen LogP contribution >= 0.6 is 11.6 Å². The van der Waals surface area contributed by atoms with Crippen molar-refractivity contribution in [2.75, 3.05) is 12.4 Å². The Balaban J connectivity index is 1.97. The number of carbonyl (C=O) groups is 1. The zero-order chi connectivity index (χ0) is 13.0. The molecule has 2 rings (SSSR count). The second kappa shape index (κ2) is 6.76. The number of hydrogen-bond acceptors (Lipinski definition) is 2. The lowest BCUT2D eigenvalue weighted by Gasteiger charge is -2.35. The van der Waals surface area contributed by atoms with Crippen LogP contribution in [0.5, 0.6) is 0 Å². The number of rotatable bonds is 4. The van der Waals surface area contributed by atoms with Crippen molar-refractivity contribution in [2.45, 2.75) is 70.1 Å². The molecule has 2 unspecified atom stereocenters. The van der Waals surface area contributed by atoms with Gasteiger partial charge in [0.25, 0.3) is 5.91 Å². The van der Waals surface area contributed by atoms with E-state index in [-0.39, 0.29) is 18.1 Å². The summed E-state index contributed by atoms with van der Waals surface area (Å²) in [5, 5.41) is 0. The normalized spacial score (nSPS) is 29.4. The molecule has 18 heavy (non-hydrogen) atoms. The molecule has 4 heteroatoms. The average molecular weight is 274 g/mol. The second-order valence-corrected chi connectivity index (χ2v) is 5.90. The van der Waals surface area contributed by atoms with Crippen molar-refractivity contribution in [3.63, 3.8) is 0 Å².